The standard InChI is InChI=1S/C31H60O7/c1-4-6-8-10-12-14-16-18-20-22-24-26-28(32)37-30(3,31(34,35)36)38-29(33)27-25-23-21-19-17-15-13-11-9-7-5-2/h34-36H,4-27H2,1-3H3. The van der Waals surface area contributed by atoms with Gasteiger partial charge in [0.2, 0.25) is 0 Å². The van der Waals surface area contributed by atoms with Gasteiger partial charge >= 0.3 is 23.7 Å². The molecule has 226 valence electrons. The van der Waals surface area contributed by atoms with E-state index in [1.165, 1.54) is 89.9 Å². The first-order chi connectivity index (χ1) is 18.2. The average molecular weight is 545 g/mol. The molecule has 0 aliphatic rings. The van der Waals surface area contributed by atoms with E-state index in [0.29, 0.717) is 12.8 Å². The Kier molecular flexibility index (Phi) is 23.0. The Bertz CT molecular complexity index is 531. The molecule has 38 heavy (non-hydrogen) atoms. The summed E-state index contributed by atoms with van der Waals surface area (Å²) in [6.45, 7) is 5.43. The highest BCUT2D eigenvalue weighted by molar-refractivity contribution is 5.72. The highest BCUT2D eigenvalue weighted by Crippen LogP contribution is 2.26. The van der Waals surface area contributed by atoms with Gasteiger partial charge in [-0.25, -0.2) is 0 Å². The lowest BCUT2D eigenvalue weighted by atomic mass is 10.1. The van der Waals surface area contributed by atoms with E-state index in [9.17, 15) is 24.9 Å². The summed E-state index contributed by atoms with van der Waals surface area (Å²) < 4.78 is 10.1. The van der Waals surface area contributed by atoms with Gasteiger partial charge in [-0.3, -0.25) is 9.59 Å². The molecule has 0 spiro atoms. The molecule has 0 saturated carbocycles. The SMILES string of the molecule is CCCCCCCCCCCCCC(=O)OC(C)(OC(=O)CCCCCCCCCCCCC)C(O)(O)O. The van der Waals surface area contributed by atoms with Crippen LogP contribution in [0.15, 0.2) is 0 Å². The summed E-state index contributed by atoms with van der Waals surface area (Å²) in [7, 11) is 0. The van der Waals surface area contributed by atoms with Gasteiger partial charge < -0.3 is 24.8 Å². The maximum atomic E-state index is 12.3. The molecule has 0 bridgehead atoms. The summed E-state index contributed by atoms with van der Waals surface area (Å²) in [5.41, 5.74) is 0. The van der Waals surface area contributed by atoms with Crippen LogP contribution in [0, 0.1) is 0 Å². The molecule has 0 rings (SSSR count). The number of carbonyl (C=O) groups excluding carboxylic acids is 2. The third kappa shape index (κ3) is 20.7. The van der Waals surface area contributed by atoms with Crippen LogP contribution in [0.5, 0.6) is 0 Å². The second-order valence-corrected chi connectivity index (χ2v) is 11.1. The van der Waals surface area contributed by atoms with Crippen LogP contribution in [0.2, 0.25) is 0 Å². The quantitative estimate of drug-likeness (QED) is 0.0548. The molecule has 0 aromatic heterocycles. The van der Waals surface area contributed by atoms with Crippen LogP contribution in [0.3, 0.4) is 0 Å². The van der Waals surface area contributed by atoms with Gasteiger partial charge in [0.15, 0.2) is 0 Å². The highest BCUT2D eigenvalue weighted by Gasteiger charge is 2.52. The van der Waals surface area contributed by atoms with Crippen molar-refractivity contribution in [3.63, 3.8) is 0 Å². The van der Waals surface area contributed by atoms with E-state index in [2.05, 4.69) is 13.8 Å². The van der Waals surface area contributed by atoms with Gasteiger partial charge in [-0.2, -0.15) is 0 Å². The number of hydrogen-bond acceptors (Lipinski definition) is 7. The van der Waals surface area contributed by atoms with Gasteiger partial charge in [0.25, 0.3) is 0 Å². The van der Waals surface area contributed by atoms with Crippen LogP contribution in [0.1, 0.15) is 175 Å². The number of rotatable bonds is 27. The van der Waals surface area contributed by atoms with E-state index in [0.717, 1.165) is 45.4 Å². The Morgan fingerprint density at radius 3 is 0.947 bits per heavy atom. The summed E-state index contributed by atoms with van der Waals surface area (Å²) in [6.07, 6.45) is 25.2. The third-order valence-corrected chi connectivity index (χ3v) is 7.20. The van der Waals surface area contributed by atoms with Crippen molar-refractivity contribution in [2.75, 3.05) is 0 Å². The summed E-state index contributed by atoms with van der Waals surface area (Å²) in [5.74, 6) is -7.55. The molecule has 7 nitrogen and oxygen atoms in total. The van der Waals surface area contributed by atoms with E-state index >= 15 is 0 Å². The molecular formula is C31H60O7. The first-order valence-corrected chi connectivity index (χ1v) is 15.8. The van der Waals surface area contributed by atoms with Gasteiger partial charge in [0, 0.05) is 19.8 Å². The molecule has 0 atom stereocenters. The molecule has 0 aliphatic heterocycles. The summed E-state index contributed by atoms with van der Waals surface area (Å²) in [5, 5.41) is 29.1. The molecule has 0 aromatic rings. The minimum atomic E-state index is -3.49. The smallest absolute Gasteiger partial charge is 0.357 e. The monoisotopic (exact) mass is 544 g/mol. The fourth-order valence-electron chi connectivity index (χ4n) is 4.56. The van der Waals surface area contributed by atoms with Crippen LogP contribution >= 0.6 is 0 Å². The minimum Gasteiger partial charge on any atom is -0.414 e. The largest absolute Gasteiger partial charge is 0.414 e. The molecule has 7 heteroatoms. The van der Waals surface area contributed by atoms with Gasteiger partial charge in [-0.15, -0.1) is 0 Å². The number of hydrogen-bond donors (Lipinski definition) is 3. The second-order valence-electron chi connectivity index (χ2n) is 11.1. The molecule has 0 saturated heterocycles. The molecule has 0 heterocycles. The van der Waals surface area contributed by atoms with Crippen molar-refractivity contribution in [2.45, 2.75) is 187 Å². The number of esters is 2. The lowest BCUT2D eigenvalue weighted by molar-refractivity contribution is -0.439. The molecule has 3 N–H and O–H groups in total. The molecule has 0 radical (unpaired) electrons. The maximum absolute atomic E-state index is 12.3. The van der Waals surface area contributed by atoms with E-state index in [-0.39, 0.29) is 12.8 Å². The molecule has 0 fully saturated rings. The summed E-state index contributed by atoms with van der Waals surface area (Å²) in [6, 6.07) is 0. The Labute approximate surface area is 233 Å². The van der Waals surface area contributed by atoms with Crippen molar-refractivity contribution in [2.24, 2.45) is 0 Å². The predicted octanol–water partition coefficient (Wildman–Crippen LogP) is 7.82. The zero-order valence-corrected chi connectivity index (χ0v) is 24.9. The van der Waals surface area contributed by atoms with E-state index in [4.69, 9.17) is 9.47 Å². The fourth-order valence-corrected chi connectivity index (χ4v) is 4.56. The van der Waals surface area contributed by atoms with Crippen molar-refractivity contribution in [1.29, 1.82) is 0 Å². The lowest BCUT2D eigenvalue weighted by Gasteiger charge is -2.35. The van der Waals surface area contributed by atoms with Crippen molar-refractivity contribution in [1.82, 2.24) is 0 Å². The van der Waals surface area contributed by atoms with E-state index in [1.807, 2.05) is 0 Å². The van der Waals surface area contributed by atoms with Crippen molar-refractivity contribution in [3.8, 4) is 0 Å². The summed E-state index contributed by atoms with van der Waals surface area (Å²) >= 11 is 0. The van der Waals surface area contributed by atoms with Crippen molar-refractivity contribution in [3.05, 3.63) is 0 Å². The topological polar surface area (TPSA) is 113 Å². The molecule has 0 amide bonds. The van der Waals surface area contributed by atoms with Crippen LogP contribution in [-0.2, 0) is 19.1 Å². The van der Waals surface area contributed by atoms with E-state index in [1.54, 1.807) is 0 Å². The van der Waals surface area contributed by atoms with Crippen LogP contribution in [-0.4, -0.2) is 39.0 Å². The van der Waals surface area contributed by atoms with Crippen molar-refractivity contribution >= 4 is 11.9 Å². The number of unbranched alkanes of at least 4 members (excludes halogenated alkanes) is 20. The average Bonchev–Trinajstić information content (AvgIpc) is 2.85. The van der Waals surface area contributed by atoms with Gasteiger partial charge in [0.1, 0.15) is 0 Å². The van der Waals surface area contributed by atoms with Crippen LogP contribution < -0.4 is 0 Å². The predicted molar refractivity (Wildman–Crippen MR) is 152 cm³/mol. The van der Waals surface area contributed by atoms with Gasteiger partial charge in [-0.05, 0) is 12.8 Å². The fraction of sp³-hybridized carbons (Fsp3) is 0.935. The Hall–Kier alpha value is -1.18. The Morgan fingerprint density at radius 2 is 0.711 bits per heavy atom. The first kappa shape index (κ1) is 36.8. The number of aliphatic hydroxyl groups is 3. The van der Waals surface area contributed by atoms with Crippen molar-refractivity contribution < 1.29 is 34.4 Å². The molecule has 0 unspecified atom stereocenters. The number of carbonyl (C=O) groups is 2. The van der Waals surface area contributed by atoms with Crippen LogP contribution in [0.25, 0.3) is 0 Å². The third-order valence-electron chi connectivity index (χ3n) is 7.20. The Balaban J connectivity index is 4.05. The van der Waals surface area contributed by atoms with Gasteiger partial charge in [-0.1, -0.05) is 142 Å². The second kappa shape index (κ2) is 23.7. The zero-order valence-electron chi connectivity index (χ0n) is 24.9. The number of ether oxygens (including phenoxy) is 2. The minimum absolute atomic E-state index is 0.0544. The molecular weight excluding hydrogens is 484 g/mol. The highest BCUT2D eigenvalue weighted by atomic mass is 16.8. The van der Waals surface area contributed by atoms with E-state index < -0.39 is 23.7 Å². The normalized spacial score (nSPS) is 12.1. The maximum Gasteiger partial charge on any atom is 0.357 e. The summed E-state index contributed by atoms with van der Waals surface area (Å²) in [4.78, 5) is 24.5. The van der Waals surface area contributed by atoms with Crippen LogP contribution in [0.4, 0.5) is 0 Å². The van der Waals surface area contributed by atoms with Gasteiger partial charge in [0.05, 0.1) is 0 Å². The first-order valence-electron chi connectivity index (χ1n) is 15.8. The molecule has 0 aliphatic carbocycles. The molecule has 0 aromatic carbocycles. The zero-order chi connectivity index (χ0) is 28.5. The lowest BCUT2D eigenvalue weighted by Crippen LogP contribution is -2.57. The Morgan fingerprint density at radius 1 is 0.474 bits per heavy atom.